The second kappa shape index (κ2) is 3.22. The maximum absolute atomic E-state index is 8.83. The van der Waals surface area contributed by atoms with Gasteiger partial charge in [0.15, 0.2) is 6.29 Å². The highest BCUT2D eigenvalue weighted by Crippen LogP contribution is 2.19. The van der Waals surface area contributed by atoms with Crippen LogP contribution in [0.1, 0.15) is 17.4 Å². The van der Waals surface area contributed by atoms with Crippen molar-refractivity contribution in [3.8, 4) is 0 Å². The fourth-order valence-corrected chi connectivity index (χ4v) is 1.07. The van der Waals surface area contributed by atoms with Gasteiger partial charge in [-0.1, -0.05) is 17.7 Å². The summed E-state index contributed by atoms with van der Waals surface area (Å²) in [5, 5.41) is 18.2. The van der Waals surface area contributed by atoms with Crippen LogP contribution < -0.4 is 0 Å². The summed E-state index contributed by atoms with van der Waals surface area (Å²) in [6, 6.07) is 5.00. The maximum atomic E-state index is 8.83. The first-order chi connectivity index (χ1) is 5.11. The Kier molecular flexibility index (Phi) is 2.49. The summed E-state index contributed by atoms with van der Waals surface area (Å²) in [5.74, 6) is 0. The van der Waals surface area contributed by atoms with Crippen LogP contribution in [-0.2, 0) is 0 Å². The molecule has 0 fully saturated rings. The summed E-state index contributed by atoms with van der Waals surface area (Å²) < 4.78 is 0. The lowest BCUT2D eigenvalue weighted by Gasteiger charge is -2.07. The molecule has 0 spiro atoms. The van der Waals surface area contributed by atoms with E-state index >= 15 is 0 Å². The van der Waals surface area contributed by atoms with E-state index in [2.05, 4.69) is 0 Å². The average molecular weight is 173 g/mol. The second-order valence-electron chi connectivity index (χ2n) is 2.37. The van der Waals surface area contributed by atoms with Crippen LogP contribution in [0.15, 0.2) is 18.2 Å². The van der Waals surface area contributed by atoms with Gasteiger partial charge in [-0.15, -0.1) is 0 Å². The SMILES string of the molecule is Cc1ccc(Cl)cc1C(O)O. The van der Waals surface area contributed by atoms with E-state index in [4.69, 9.17) is 21.8 Å². The van der Waals surface area contributed by atoms with Gasteiger partial charge in [0, 0.05) is 10.6 Å². The predicted octanol–water partition coefficient (Wildman–Crippen LogP) is 1.63. The minimum absolute atomic E-state index is 0.456. The molecule has 1 aromatic rings. The van der Waals surface area contributed by atoms with Crippen LogP contribution in [-0.4, -0.2) is 10.2 Å². The van der Waals surface area contributed by atoms with E-state index in [9.17, 15) is 0 Å². The van der Waals surface area contributed by atoms with Gasteiger partial charge in [-0.2, -0.15) is 0 Å². The molecule has 0 heterocycles. The molecule has 11 heavy (non-hydrogen) atoms. The zero-order valence-corrected chi connectivity index (χ0v) is 6.84. The number of benzene rings is 1. The van der Waals surface area contributed by atoms with Gasteiger partial charge in [0.25, 0.3) is 0 Å². The number of hydrogen-bond acceptors (Lipinski definition) is 2. The Morgan fingerprint density at radius 2 is 2.00 bits per heavy atom. The van der Waals surface area contributed by atoms with Crippen molar-refractivity contribution in [3.05, 3.63) is 34.3 Å². The summed E-state index contributed by atoms with van der Waals surface area (Å²) in [6.07, 6.45) is -1.44. The Morgan fingerprint density at radius 1 is 1.36 bits per heavy atom. The molecule has 2 N–H and O–H groups in total. The standard InChI is InChI=1S/C8H9ClO2/c1-5-2-3-6(9)4-7(5)8(10)11/h2-4,8,10-11H,1H3. The summed E-state index contributed by atoms with van der Waals surface area (Å²) in [5.41, 5.74) is 1.28. The van der Waals surface area contributed by atoms with Gasteiger partial charge in [-0.25, -0.2) is 0 Å². The predicted molar refractivity (Wildman–Crippen MR) is 43.4 cm³/mol. The molecule has 1 aromatic carbocycles. The zero-order valence-electron chi connectivity index (χ0n) is 6.08. The highest BCUT2D eigenvalue weighted by molar-refractivity contribution is 6.30. The van der Waals surface area contributed by atoms with E-state index in [1.54, 1.807) is 25.1 Å². The van der Waals surface area contributed by atoms with E-state index in [1.807, 2.05) is 0 Å². The van der Waals surface area contributed by atoms with E-state index in [-0.39, 0.29) is 0 Å². The third-order valence-electron chi connectivity index (χ3n) is 1.52. The first kappa shape index (κ1) is 8.53. The van der Waals surface area contributed by atoms with Crippen molar-refractivity contribution in [2.75, 3.05) is 0 Å². The van der Waals surface area contributed by atoms with Crippen molar-refractivity contribution in [3.63, 3.8) is 0 Å². The largest absolute Gasteiger partial charge is 0.364 e. The molecule has 0 aliphatic rings. The lowest BCUT2D eigenvalue weighted by Crippen LogP contribution is -1.97. The molecule has 0 amide bonds. The lowest BCUT2D eigenvalue weighted by molar-refractivity contribution is -0.0429. The van der Waals surface area contributed by atoms with Crippen molar-refractivity contribution >= 4 is 11.6 Å². The average Bonchev–Trinajstić information content (AvgIpc) is 1.94. The van der Waals surface area contributed by atoms with Crippen molar-refractivity contribution in [2.45, 2.75) is 13.2 Å². The highest BCUT2D eigenvalue weighted by atomic mass is 35.5. The van der Waals surface area contributed by atoms with Crippen molar-refractivity contribution in [2.24, 2.45) is 0 Å². The van der Waals surface area contributed by atoms with Gasteiger partial charge in [0.2, 0.25) is 0 Å². The van der Waals surface area contributed by atoms with Crippen LogP contribution in [0.5, 0.6) is 0 Å². The molecule has 60 valence electrons. The van der Waals surface area contributed by atoms with Crippen LogP contribution in [0, 0.1) is 6.92 Å². The van der Waals surface area contributed by atoms with Crippen molar-refractivity contribution < 1.29 is 10.2 Å². The number of rotatable bonds is 1. The van der Waals surface area contributed by atoms with Gasteiger partial charge in [0.05, 0.1) is 0 Å². The Bertz CT molecular complexity index is 258. The fraction of sp³-hybridized carbons (Fsp3) is 0.250. The van der Waals surface area contributed by atoms with Crippen LogP contribution in [0.2, 0.25) is 5.02 Å². The molecule has 0 aliphatic heterocycles. The molecule has 0 saturated carbocycles. The first-order valence-corrected chi connectivity index (χ1v) is 3.61. The Hall–Kier alpha value is -0.570. The molecule has 0 unspecified atom stereocenters. The van der Waals surface area contributed by atoms with Crippen LogP contribution in [0.3, 0.4) is 0 Å². The van der Waals surface area contributed by atoms with Gasteiger partial charge >= 0.3 is 0 Å². The molecule has 0 aromatic heterocycles. The van der Waals surface area contributed by atoms with E-state index in [0.29, 0.717) is 10.6 Å². The van der Waals surface area contributed by atoms with Gasteiger partial charge in [-0.05, 0) is 24.6 Å². The van der Waals surface area contributed by atoms with E-state index < -0.39 is 6.29 Å². The third-order valence-corrected chi connectivity index (χ3v) is 1.75. The highest BCUT2D eigenvalue weighted by Gasteiger charge is 2.05. The molecule has 0 aliphatic carbocycles. The zero-order chi connectivity index (χ0) is 8.43. The number of hydrogen-bond donors (Lipinski definition) is 2. The summed E-state index contributed by atoms with van der Waals surface area (Å²) in [7, 11) is 0. The summed E-state index contributed by atoms with van der Waals surface area (Å²) in [4.78, 5) is 0. The minimum atomic E-state index is -1.44. The molecule has 0 saturated heterocycles. The molecule has 0 atom stereocenters. The van der Waals surface area contributed by atoms with Crippen molar-refractivity contribution in [1.29, 1.82) is 0 Å². The number of aryl methyl sites for hydroxylation is 1. The minimum Gasteiger partial charge on any atom is -0.364 e. The van der Waals surface area contributed by atoms with Crippen LogP contribution >= 0.6 is 11.6 Å². The summed E-state index contributed by atoms with van der Waals surface area (Å²) >= 11 is 5.64. The third kappa shape index (κ3) is 1.93. The molecule has 0 bridgehead atoms. The number of halogens is 1. The maximum Gasteiger partial charge on any atom is 0.178 e. The second-order valence-corrected chi connectivity index (χ2v) is 2.81. The molecular weight excluding hydrogens is 164 g/mol. The monoisotopic (exact) mass is 172 g/mol. The normalized spacial score (nSPS) is 10.6. The first-order valence-electron chi connectivity index (χ1n) is 3.23. The Balaban J connectivity index is 3.13. The van der Waals surface area contributed by atoms with E-state index in [0.717, 1.165) is 5.56 Å². The Labute approximate surface area is 70.1 Å². The molecule has 2 nitrogen and oxygen atoms in total. The van der Waals surface area contributed by atoms with Gasteiger partial charge in [0.1, 0.15) is 0 Å². The summed E-state index contributed by atoms with van der Waals surface area (Å²) in [6.45, 7) is 1.80. The smallest absolute Gasteiger partial charge is 0.178 e. The number of aliphatic hydroxyl groups is 2. The van der Waals surface area contributed by atoms with Crippen LogP contribution in [0.4, 0.5) is 0 Å². The molecule has 1 rings (SSSR count). The van der Waals surface area contributed by atoms with E-state index in [1.165, 1.54) is 0 Å². The van der Waals surface area contributed by atoms with Gasteiger partial charge < -0.3 is 10.2 Å². The lowest BCUT2D eigenvalue weighted by atomic mass is 10.1. The molecular formula is C8H9ClO2. The molecule has 3 heteroatoms. The topological polar surface area (TPSA) is 40.5 Å². The fourth-order valence-electron chi connectivity index (χ4n) is 0.890. The van der Waals surface area contributed by atoms with Gasteiger partial charge in [-0.3, -0.25) is 0 Å². The number of aliphatic hydroxyl groups excluding tert-OH is 1. The van der Waals surface area contributed by atoms with Crippen molar-refractivity contribution in [1.82, 2.24) is 0 Å². The van der Waals surface area contributed by atoms with Crippen LogP contribution in [0.25, 0.3) is 0 Å². The Morgan fingerprint density at radius 3 is 2.45 bits per heavy atom. The molecule has 0 radical (unpaired) electrons. The quantitative estimate of drug-likeness (QED) is 0.633.